The summed E-state index contributed by atoms with van der Waals surface area (Å²) >= 11 is 0. The van der Waals surface area contributed by atoms with Gasteiger partial charge in [0, 0.05) is 42.3 Å². The predicted octanol–water partition coefficient (Wildman–Crippen LogP) is 1.99. The molecule has 11 nitrogen and oxygen atoms in total. The molecule has 3 rings (SSSR count). The minimum atomic E-state index is -0.738. The van der Waals surface area contributed by atoms with Crippen molar-refractivity contribution >= 4 is 17.4 Å². The van der Waals surface area contributed by atoms with Crippen LogP contribution < -0.4 is 27.4 Å². The van der Waals surface area contributed by atoms with Crippen molar-refractivity contribution in [2.24, 2.45) is 5.92 Å². The Balaban J connectivity index is 2.02. The van der Waals surface area contributed by atoms with Gasteiger partial charge < -0.3 is 15.6 Å². The lowest BCUT2D eigenvalue weighted by molar-refractivity contribution is -0.118. The van der Waals surface area contributed by atoms with Crippen molar-refractivity contribution in [3.05, 3.63) is 67.0 Å². The Labute approximate surface area is 208 Å². The smallest absolute Gasteiger partial charge is 0.330 e. The maximum Gasteiger partial charge on any atom is 0.330 e. The van der Waals surface area contributed by atoms with Crippen LogP contribution in [0.1, 0.15) is 51.3 Å². The molecular formula is C25H33N7O4. The number of nitrogens with zero attached hydrogens (tertiary/aromatic N) is 4. The third kappa shape index (κ3) is 5.96. The van der Waals surface area contributed by atoms with Crippen molar-refractivity contribution in [1.82, 2.24) is 24.5 Å². The zero-order chi connectivity index (χ0) is 26.4. The maximum atomic E-state index is 13.5. The molecule has 0 saturated heterocycles. The van der Waals surface area contributed by atoms with Gasteiger partial charge in [0.05, 0.1) is 6.42 Å². The number of hydrogen-bond acceptors (Lipinski definition) is 7. The Morgan fingerprint density at radius 3 is 2.56 bits per heavy atom. The molecule has 3 aromatic heterocycles. The summed E-state index contributed by atoms with van der Waals surface area (Å²) < 4.78 is 1.28. The van der Waals surface area contributed by atoms with Crippen LogP contribution in [0.3, 0.4) is 0 Å². The molecule has 0 bridgehead atoms. The Bertz CT molecular complexity index is 1390. The number of carbonyl (C=O) groups is 1. The number of anilines is 2. The second-order valence-electron chi connectivity index (χ2n) is 9.12. The van der Waals surface area contributed by atoms with Crippen LogP contribution >= 0.6 is 0 Å². The fourth-order valence-electron chi connectivity index (χ4n) is 3.83. The minimum absolute atomic E-state index is 0.0648. The topological polar surface area (TPSA) is 160 Å². The van der Waals surface area contributed by atoms with Crippen molar-refractivity contribution in [2.75, 3.05) is 17.2 Å². The molecular weight excluding hydrogens is 462 g/mol. The van der Waals surface area contributed by atoms with Crippen LogP contribution in [-0.4, -0.2) is 37.0 Å². The van der Waals surface area contributed by atoms with E-state index in [1.54, 1.807) is 31.5 Å². The molecule has 1 amide bonds. The fourth-order valence-corrected chi connectivity index (χ4v) is 3.83. The molecule has 0 aromatic carbocycles. The average molecular weight is 496 g/mol. The minimum Gasteiger partial charge on any atom is -0.383 e. The molecule has 4 N–H and O–H groups in total. The van der Waals surface area contributed by atoms with Crippen LogP contribution in [0, 0.1) is 12.8 Å². The fraction of sp³-hybridized carbons (Fsp3) is 0.440. The van der Waals surface area contributed by atoms with Gasteiger partial charge in [-0.1, -0.05) is 27.2 Å². The SMILES string of the molecule is CCCCn1c(N)c(N(CCC(C)C)C(=O)Cc2c(C)nc(-c3cccnc3)[nH]c2=O)c(=O)[nH]c1=O. The van der Waals surface area contributed by atoms with E-state index in [0.29, 0.717) is 36.5 Å². The zero-order valence-electron chi connectivity index (χ0n) is 21.1. The van der Waals surface area contributed by atoms with Crippen molar-refractivity contribution in [1.29, 1.82) is 0 Å². The van der Waals surface area contributed by atoms with Crippen LogP contribution in [0.15, 0.2) is 38.9 Å². The Hall–Kier alpha value is -4.02. The second kappa shape index (κ2) is 11.6. The Kier molecular flexibility index (Phi) is 8.57. The molecule has 0 unspecified atom stereocenters. The molecule has 3 heterocycles. The molecule has 0 atom stereocenters. The number of aromatic amines is 2. The number of nitrogen functional groups attached to an aromatic ring is 1. The van der Waals surface area contributed by atoms with Crippen LogP contribution in [0.2, 0.25) is 0 Å². The van der Waals surface area contributed by atoms with E-state index in [1.165, 1.54) is 9.47 Å². The van der Waals surface area contributed by atoms with Gasteiger partial charge in [0.1, 0.15) is 11.6 Å². The van der Waals surface area contributed by atoms with Crippen molar-refractivity contribution in [3.8, 4) is 11.4 Å². The van der Waals surface area contributed by atoms with Crippen LogP contribution in [-0.2, 0) is 17.8 Å². The summed E-state index contributed by atoms with van der Waals surface area (Å²) in [6.07, 6.45) is 5.00. The van der Waals surface area contributed by atoms with Crippen LogP contribution in [0.4, 0.5) is 11.5 Å². The van der Waals surface area contributed by atoms with Gasteiger partial charge in [-0.25, -0.2) is 9.78 Å². The molecule has 36 heavy (non-hydrogen) atoms. The average Bonchev–Trinajstić information content (AvgIpc) is 2.83. The van der Waals surface area contributed by atoms with Crippen molar-refractivity contribution in [3.63, 3.8) is 0 Å². The third-order valence-electron chi connectivity index (χ3n) is 5.94. The molecule has 0 saturated carbocycles. The van der Waals surface area contributed by atoms with Gasteiger partial charge in [0.25, 0.3) is 11.1 Å². The molecule has 3 aromatic rings. The lowest BCUT2D eigenvalue weighted by Gasteiger charge is -2.25. The number of amides is 1. The number of aryl methyl sites for hydroxylation is 1. The normalized spacial score (nSPS) is 11.1. The molecule has 0 fully saturated rings. The summed E-state index contributed by atoms with van der Waals surface area (Å²) in [4.78, 5) is 66.4. The summed E-state index contributed by atoms with van der Waals surface area (Å²) in [5, 5.41) is 0. The van der Waals surface area contributed by atoms with Gasteiger partial charge in [-0.2, -0.15) is 0 Å². The summed E-state index contributed by atoms with van der Waals surface area (Å²) in [6.45, 7) is 8.13. The molecule has 0 aliphatic carbocycles. The molecule has 0 aliphatic rings. The number of nitrogens with two attached hydrogens (primary N) is 1. The number of pyridine rings is 1. The molecule has 192 valence electrons. The first-order chi connectivity index (χ1) is 17.1. The number of unbranched alkanes of at least 4 members (excludes halogenated alkanes) is 1. The Morgan fingerprint density at radius 2 is 1.94 bits per heavy atom. The Morgan fingerprint density at radius 1 is 1.19 bits per heavy atom. The highest BCUT2D eigenvalue weighted by molar-refractivity contribution is 5.96. The zero-order valence-corrected chi connectivity index (χ0v) is 21.1. The standard InChI is InChI=1S/C25H33N7O4/c1-5-6-11-32-21(26)20(24(35)30-25(32)36)31(12-9-15(2)3)19(33)13-18-16(4)28-22(29-23(18)34)17-8-7-10-27-14-17/h7-8,10,14-15H,5-6,9,11-13,26H2,1-4H3,(H,28,29,34)(H,30,35,36). The number of hydrogen-bond donors (Lipinski definition) is 3. The quantitative estimate of drug-likeness (QED) is 0.388. The summed E-state index contributed by atoms with van der Waals surface area (Å²) in [5.74, 6) is 0.0300. The van der Waals surface area contributed by atoms with Crippen molar-refractivity contribution in [2.45, 2.75) is 59.9 Å². The second-order valence-corrected chi connectivity index (χ2v) is 9.12. The van der Waals surface area contributed by atoms with E-state index in [4.69, 9.17) is 5.73 Å². The largest absolute Gasteiger partial charge is 0.383 e. The first kappa shape index (κ1) is 26.6. The van der Waals surface area contributed by atoms with E-state index in [1.807, 2.05) is 20.8 Å². The van der Waals surface area contributed by atoms with Gasteiger partial charge in [-0.3, -0.25) is 28.9 Å². The highest BCUT2D eigenvalue weighted by atomic mass is 16.2. The number of nitrogens with one attached hydrogen (secondary N) is 2. The number of aromatic nitrogens is 5. The van der Waals surface area contributed by atoms with Gasteiger partial charge in [0.2, 0.25) is 5.91 Å². The molecule has 0 spiro atoms. The molecule has 11 heteroatoms. The molecule has 0 radical (unpaired) electrons. The van der Waals surface area contributed by atoms with Crippen LogP contribution in [0.25, 0.3) is 11.4 Å². The summed E-state index contributed by atoms with van der Waals surface area (Å²) in [5.41, 5.74) is 5.61. The van der Waals surface area contributed by atoms with E-state index in [9.17, 15) is 19.2 Å². The monoisotopic (exact) mass is 495 g/mol. The lowest BCUT2D eigenvalue weighted by Crippen LogP contribution is -2.43. The number of rotatable bonds is 10. The predicted molar refractivity (Wildman–Crippen MR) is 139 cm³/mol. The number of H-pyrrole nitrogens is 2. The van der Waals surface area contributed by atoms with E-state index >= 15 is 0 Å². The first-order valence-corrected chi connectivity index (χ1v) is 12.1. The van der Waals surface area contributed by atoms with E-state index < -0.39 is 22.7 Å². The molecule has 0 aliphatic heterocycles. The van der Waals surface area contributed by atoms with E-state index in [-0.39, 0.29) is 36.0 Å². The van der Waals surface area contributed by atoms with Gasteiger partial charge in [-0.05, 0) is 37.8 Å². The van der Waals surface area contributed by atoms with E-state index in [2.05, 4.69) is 19.9 Å². The first-order valence-electron chi connectivity index (χ1n) is 12.1. The van der Waals surface area contributed by atoms with Crippen molar-refractivity contribution < 1.29 is 4.79 Å². The summed E-state index contributed by atoms with van der Waals surface area (Å²) in [7, 11) is 0. The maximum absolute atomic E-state index is 13.5. The third-order valence-corrected chi connectivity index (χ3v) is 5.94. The highest BCUT2D eigenvalue weighted by Crippen LogP contribution is 2.20. The van der Waals surface area contributed by atoms with Gasteiger partial charge >= 0.3 is 5.69 Å². The lowest BCUT2D eigenvalue weighted by atomic mass is 10.1. The van der Waals surface area contributed by atoms with E-state index in [0.717, 1.165) is 6.42 Å². The van der Waals surface area contributed by atoms with Gasteiger partial charge in [0.15, 0.2) is 5.69 Å². The summed E-state index contributed by atoms with van der Waals surface area (Å²) in [6, 6.07) is 3.50. The van der Waals surface area contributed by atoms with Crippen LogP contribution in [0.5, 0.6) is 0 Å². The highest BCUT2D eigenvalue weighted by Gasteiger charge is 2.26. The number of carbonyl (C=O) groups excluding carboxylic acids is 1. The van der Waals surface area contributed by atoms with Gasteiger partial charge in [-0.15, -0.1) is 0 Å².